The van der Waals surface area contributed by atoms with Crippen LogP contribution in [0.15, 0.2) is 6.07 Å². The Balaban J connectivity index is 0.000000873. The maximum Gasteiger partial charge on any atom is 0.342 e. The molecule has 0 heterocycles. The van der Waals surface area contributed by atoms with Gasteiger partial charge in [0, 0.05) is 19.8 Å². The second-order valence-corrected chi connectivity index (χ2v) is 3.64. The molecular weight excluding hydrogens is 236 g/mol. The van der Waals surface area contributed by atoms with Crippen LogP contribution in [0.25, 0.3) is 0 Å². The minimum atomic E-state index is -0.710. The summed E-state index contributed by atoms with van der Waals surface area (Å²) >= 11 is 0. The van der Waals surface area contributed by atoms with Crippen molar-refractivity contribution in [2.24, 2.45) is 0 Å². The van der Waals surface area contributed by atoms with Gasteiger partial charge in [0.2, 0.25) is 0 Å². The van der Waals surface area contributed by atoms with Crippen molar-refractivity contribution in [2.45, 2.75) is 13.8 Å². The van der Waals surface area contributed by atoms with Gasteiger partial charge in [-0.3, -0.25) is 4.79 Å². The summed E-state index contributed by atoms with van der Waals surface area (Å²) in [5.74, 6) is -0.940. The number of rotatable bonds is 2. The van der Waals surface area contributed by atoms with Gasteiger partial charge in [-0.15, -0.1) is 0 Å². The summed E-state index contributed by atoms with van der Waals surface area (Å²) in [5, 5.41) is 9.57. The second-order valence-electron chi connectivity index (χ2n) is 3.64. The molecule has 0 spiro atoms. The molecule has 1 aromatic rings. The molecule has 0 saturated carbocycles. The zero-order valence-electron chi connectivity index (χ0n) is 11.2. The number of hydrogen-bond donors (Lipinski definition) is 1. The van der Waals surface area contributed by atoms with Crippen molar-refractivity contribution < 1.29 is 24.2 Å². The number of benzene rings is 1. The number of ether oxygens (including phenoxy) is 2. The second kappa shape index (κ2) is 7.45. The van der Waals surface area contributed by atoms with E-state index in [0.717, 1.165) is 5.56 Å². The van der Waals surface area contributed by atoms with Crippen LogP contribution in [0.3, 0.4) is 0 Å². The van der Waals surface area contributed by atoms with Crippen LogP contribution in [0.2, 0.25) is 0 Å². The zero-order chi connectivity index (χ0) is 14.3. The molecule has 1 N–H and O–H groups in total. The van der Waals surface area contributed by atoms with Crippen LogP contribution in [0.1, 0.15) is 31.8 Å². The fourth-order valence-electron chi connectivity index (χ4n) is 1.39. The Bertz CT molecular complexity index is 437. The van der Waals surface area contributed by atoms with Crippen molar-refractivity contribution in [1.82, 2.24) is 0 Å². The van der Waals surface area contributed by atoms with Gasteiger partial charge in [-0.25, -0.2) is 4.79 Å². The summed E-state index contributed by atoms with van der Waals surface area (Å²) in [4.78, 5) is 22.2. The maximum absolute atomic E-state index is 11.3. The van der Waals surface area contributed by atoms with Crippen molar-refractivity contribution in [3.8, 4) is 5.75 Å². The molecule has 18 heavy (non-hydrogen) atoms. The van der Waals surface area contributed by atoms with Crippen LogP contribution in [0.4, 0.5) is 0 Å². The largest absolute Gasteiger partial charge is 0.507 e. The lowest BCUT2D eigenvalue weighted by atomic mass is 9.97. The van der Waals surface area contributed by atoms with Crippen molar-refractivity contribution in [1.29, 1.82) is 0 Å². The molecule has 1 aromatic carbocycles. The molecule has 0 bridgehead atoms. The topological polar surface area (TPSA) is 72.8 Å². The average molecular weight is 254 g/mol. The van der Waals surface area contributed by atoms with Gasteiger partial charge < -0.3 is 14.6 Å². The number of carbonyl (C=O) groups excluding carboxylic acids is 2. The van der Waals surface area contributed by atoms with Gasteiger partial charge in [-0.1, -0.05) is 0 Å². The number of phenols is 1. The molecule has 0 atom stereocenters. The van der Waals surface area contributed by atoms with Gasteiger partial charge in [-0.05, 0) is 31.0 Å². The summed E-state index contributed by atoms with van der Waals surface area (Å²) in [6.45, 7) is 3.47. The fourth-order valence-corrected chi connectivity index (χ4v) is 1.39. The lowest BCUT2D eigenvalue weighted by Gasteiger charge is -2.10. The van der Waals surface area contributed by atoms with Gasteiger partial charge >= 0.3 is 5.97 Å². The standard InChI is InChI=1S/C11H12O4.C2H6O/c1-6-4-9(13)10(11(14)15-3)8(5-12)7(6)2;1-3-2/h4-5,13H,1-3H3;1-2H3. The first-order valence-electron chi connectivity index (χ1n) is 5.21. The number of carbonyl (C=O) groups is 2. The Hall–Kier alpha value is -1.88. The molecule has 5 nitrogen and oxygen atoms in total. The summed E-state index contributed by atoms with van der Waals surface area (Å²) in [6, 6.07) is 1.44. The first-order valence-corrected chi connectivity index (χ1v) is 5.21. The first-order chi connectivity index (χ1) is 8.44. The van der Waals surface area contributed by atoms with Crippen molar-refractivity contribution in [2.75, 3.05) is 21.3 Å². The van der Waals surface area contributed by atoms with Crippen LogP contribution in [0, 0.1) is 13.8 Å². The van der Waals surface area contributed by atoms with E-state index in [0.29, 0.717) is 11.8 Å². The van der Waals surface area contributed by atoms with Crippen LogP contribution in [0.5, 0.6) is 5.75 Å². The molecule has 0 fully saturated rings. The minimum Gasteiger partial charge on any atom is -0.507 e. The molecule has 100 valence electrons. The van der Waals surface area contributed by atoms with Gasteiger partial charge in [0.25, 0.3) is 0 Å². The average Bonchev–Trinajstić information content (AvgIpc) is 2.33. The van der Waals surface area contributed by atoms with Crippen LogP contribution in [-0.4, -0.2) is 38.7 Å². The van der Waals surface area contributed by atoms with E-state index in [1.807, 2.05) is 0 Å². The number of methoxy groups -OCH3 is 2. The van der Waals surface area contributed by atoms with Gasteiger partial charge in [-0.2, -0.15) is 0 Å². The lowest BCUT2D eigenvalue weighted by Crippen LogP contribution is -2.08. The maximum atomic E-state index is 11.3. The Kier molecular flexibility index (Phi) is 6.67. The van der Waals surface area contributed by atoms with E-state index in [2.05, 4.69) is 9.47 Å². The third-order valence-corrected chi connectivity index (χ3v) is 2.38. The quantitative estimate of drug-likeness (QED) is 0.644. The Morgan fingerprint density at radius 3 is 2.17 bits per heavy atom. The SMILES string of the molecule is COC.COC(=O)c1c(O)cc(C)c(C)c1C=O. The van der Waals surface area contributed by atoms with Crippen LogP contribution < -0.4 is 0 Å². The van der Waals surface area contributed by atoms with E-state index < -0.39 is 5.97 Å². The third kappa shape index (κ3) is 3.56. The molecule has 0 aliphatic carbocycles. The lowest BCUT2D eigenvalue weighted by molar-refractivity contribution is 0.0595. The predicted molar refractivity (Wildman–Crippen MR) is 67.2 cm³/mol. The van der Waals surface area contributed by atoms with Crippen molar-refractivity contribution >= 4 is 12.3 Å². The highest BCUT2D eigenvalue weighted by molar-refractivity contribution is 6.01. The van der Waals surface area contributed by atoms with E-state index in [1.165, 1.54) is 13.2 Å². The first kappa shape index (κ1) is 16.1. The van der Waals surface area contributed by atoms with Gasteiger partial charge in [0.15, 0.2) is 6.29 Å². The molecular formula is C13H18O5. The van der Waals surface area contributed by atoms with E-state index >= 15 is 0 Å². The highest BCUT2D eigenvalue weighted by Crippen LogP contribution is 2.26. The molecule has 0 unspecified atom stereocenters. The van der Waals surface area contributed by atoms with Crippen molar-refractivity contribution in [3.63, 3.8) is 0 Å². The number of esters is 1. The molecule has 0 saturated heterocycles. The normalized spacial score (nSPS) is 9.17. The number of aldehydes is 1. The zero-order valence-corrected chi connectivity index (χ0v) is 11.2. The molecule has 0 aliphatic rings. The Morgan fingerprint density at radius 2 is 1.78 bits per heavy atom. The van der Waals surface area contributed by atoms with Crippen LogP contribution >= 0.6 is 0 Å². The monoisotopic (exact) mass is 254 g/mol. The summed E-state index contributed by atoms with van der Waals surface area (Å²) in [6.07, 6.45) is 0.550. The summed E-state index contributed by atoms with van der Waals surface area (Å²) < 4.78 is 8.75. The molecule has 0 aromatic heterocycles. The predicted octanol–water partition coefficient (Wildman–Crippen LogP) is 1.87. The number of aryl methyl sites for hydroxylation is 1. The van der Waals surface area contributed by atoms with Gasteiger partial charge in [0.05, 0.1) is 7.11 Å². The Labute approximate surface area is 106 Å². The van der Waals surface area contributed by atoms with E-state index in [9.17, 15) is 14.7 Å². The highest BCUT2D eigenvalue weighted by Gasteiger charge is 2.19. The molecule has 1 rings (SSSR count). The molecule has 0 radical (unpaired) electrons. The van der Waals surface area contributed by atoms with Gasteiger partial charge in [0.1, 0.15) is 11.3 Å². The summed E-state index contributed by atoms with van der Waals surface area (Å²) in [5.41, 5.74) is 1.53. The van der Waals surface area contributed by atoms with E-state index in [-0.39, 0.29) is 16.9 Å². The summed E-state index contributed by atoms with van der Waals surface area (Å²) in [7, 11) is 4.45. The molecule has 0 aliphatic heterocycles. The third-order valence-electron chi connectivity index (χ3n) is 2.38. The number of aromatic hydroxyl groups is 1. The minimum absolute atomic E-state index is 0.0735. The van der Waals surface area contributed by atoms with E-state index in [1.54, 1.807) is 28.1 Å². The van der Waals surface area contributed by atoms with Crippen LogP contribution in [-0.2, 0) is 9.47 Å². The molecule has 5 heteroatoms. The highest BCUT2D eigenvalue weighted by atomic mass is 16.5. The van der Waals surface area contributed by atoms with E-state index in [4.69, 9.17) is 0 Å². The van der Waals surface area contributed by atoms with Crippen molar-refractivity contribution in [3.05, 3.63) is 28.3 Å². The number of hydrogen-bond acceptors (Lipinski definition) is 5. The smallest absolute Gasteiger partial charge is 0.342 e. The fraction of sp³-hybridized carbons (Fsp3) is 0.385. The Morgan fingerprint density at radius 1 is 1.28 bits per heavy atom. The number of phenolic OH excluding ortho intramolecular Hbond substituents is 1. The molecule has 0 amide bonds.